The van der Waals surface area contributed by atoms with Crippen LogP contribution in [0.1, 0.15) is 26.2 Å². The summed E-state index contributed by atoms with van der Waals surface area (Å²) in [4.78, 5) is 10.7. The largest absolute Gasteiger partial charge is 0.353 e. The molecule has 64 valence electrons. The Morgan fingerprint density at radius 3 is 2.91 bits per heavy atom. The highest BCUT2D eigenvalue weighted by Crippen LogP contribution is 1.96. The third kappa shape index (κ3) is 2.50. The summed E-state index contributed by atoms with van der Waals surface area (Å²) in [5.74, 6) is 0.154. The van der Waals surface area contributed by atoms with Crippen molar-refractivity contribution in [1.82, 2.24) is 10.6 Å². The predicted molar refractivity (Wildman–Crippen MR) is 44.3 cm³/mol. The molecule has 0 aliphatic carbocycles. The molecule has 3 nitrogen and oxygen atoms in total. The van der Waals surface area contributed by atoms with Crippen molar-refractivity contribution in [2.45, 2.75) is 32.2 Å². The van der Waals surface area contributed by atoms with Gasteiger partial charge in [0, 0.05) is 6.54 Å². The fraction of sp³-hybridized carbons (Fsp3) is 0.875. The van der Waals surface area contributed by atoms with Crippen LogP contribution in [0.2, 0.25) is 0 Å². The molecule has 1 aliphatic rings. The number of nitrogens with one attached hydrogen (secondary N) is 2. The van der Waals surface area contributed by atoms with E-state index in [9.17, 15) is 4.79 Å². The van der Waals surface area contributed by atoms with E-state index in [0.29, 0.717) is 0 Å². The van der Waals surface area contributed by atoms with Gasteiger partial charge in [0.25, 0.3) is 0 Å². The van der Waals surface area contributed by atoms with E-state index in [1.54, 1.807) is 0 Å². The second-order valence-corrected chi connectivity index (χ2v) is 2.96. The summed E-state index contributed by atoms with van der Waals surface area (Å²) in [6.07, 6.45) is 3.67. The molecule has 0 aromatic heterocycles. The summed E-state index contributed by atoms with van der Waals surface area (Å²) in [7, 11) is 0. The number of amides is 1. The molecule has 11 heavy (non-hydrogen) atoms. The maximum atomic E-state index is 10.7. The van der Waals surface area contributed by atoms with Crippen LogP contribution in [0.3, 0.4) is 0 Å². The number of hydrogen-bond donors (Lipinski definition) is 2. The van der Waals surface area contributed by atoms with Gasteiger partial charge in [-0.1, -0.05) is 19.8 Å². The van der Waals surface area contributed by atoms with Crippen molar-refractivity contribution in [3.8, 4) is 0 Å². The quantitative estimate of drug-likeness (QED) is 0.443. The van der Waals surface area contributed by atoms with Crippen LogP contribution < -0.4 is 10.6 Å². The minimum Gasteiger partial charge on any atom is -0.353 e. The van der Waals surface area contributed by atoms with Crippen molar-refractivity contribution in [3.05, 3.63) is 0 Å². The summed E-state index contributed by atoms with van der Waals surface area (Å²) < 4.78 is 0. The van der Waals surface area contributed by atoms with Gasteiger partial charge in [0.1, 0.15) is 6.04 Å². The number of unbranched alkanes of at least 4 members (excludes halogenated alkanes) is 2. The van der Waals surface area contributed by atoms with E-state index in [4.69, 9.17) is 0 Å². The minimum atomic E-state index is 0.104. The summed E-state index contributed by atoms with van der Waals surface area (Å²) in [6, 6.07) is 0.104. The van der Waals surface area contributed by atoms with Gasteiger partial charge in [0.2, 0.25) is 5.91 Å². The zero-order chi connectivity index (χ0) is 8.10. The molecule has 1 rings (SSSR count). The first-order valence-corrected chi connectivity index (χ1v) is 4.35. The molecule has 1 aliphatic heterocycles. The smallest absolute Gasteiger partial charge is 0.239 e. The third-order valence-electron chi connectivity index (χ3n) is 1.97. The molecule has 0 aromatic rings. The molecule has 1 saturated heterocycles. The van der Waals surface area contributed by atoms with E-state index in [0.717, 1.165) is 13.1 Å². The summed E-state index contributed by atoms with van der Waals surface area (Å²) in [5.41, 5.74) is 0. The normalized spacial score (nSPS) is 22.6. The van der Waals surface area contributed by atoms with Crippen molar-refractivity contribution in [2.75, 3.05) is 13.1 Å². The highest BCUT2D eigenvalue weighted by Gasteiger charge is 2.25. The lowest BCUT2D eigenvalue weighted by molar-refractivity contribution is -0.128. The van der Waals surface area contributed by atoms with E-state index in [1.807, 2.05) is 0 Å². The van der Waals surface area contributed by atoms with Crippen molar-refractivity contribution in [2.24, 2.45) is 0 Å². The van der Waals surface area contributed by atoms with Crippen molar-refractivity contribution in [3.63, 3.8) is 0 Å². The molecule has 1 fully saturated rings. The molecule has 1 heterocycles. The average molecular weight is 156 g/mol. The van der Waals surface area contributed by atoms with Crippen molar-refractivity contribution < 1.29 is 4.79 Å². The number of β-lactam (4-membered cyclic amide) rings is 1. The molecule has 0 radical (unpaired) electrons. The Morgan fingerprint density at radius 1 is 1.64 bits per heavy atom. The highest BCUT2D eigenvalue weighted by molar-refractivity contribution is 5.87. The van der Waals surface area contributed by atoms with Crippen molar-refractivity contribution >= 4 is 5.91 Å². The van der Waals surface area contributed by atoms with Gasteiger partial charge in [0.15, 0.2) is 0 Å². The molecule has 1 atom stereocenters. The molecule has 1 unspecified atom stereocenters. The predicted octanol–water partition coefficient (Wildman–Crippen LogP) is 0.265. The van der Waals surface area contributed by atoms with Gasteiger partial charge in [-0.15, -0.1) is 0 Å². The van der Waals surface area contributed by atoms with Gasteiger partial charge in [-0.05, 0) is 13.0 Å². The van der Waals surface area contributed by atoms with Crippen LogP contribution in [-0.2, 0) is 4.79 Å². The van der Waals surface area contributed by atoms with Crippen LogP contribution in [0, 0.1) is 0 Å². The van der Waals surface area contributed by atoms with Gasteiger partial charge < -0.3 is 10.6 Å². The topological polar surface area (TPSA) is 41.1 Å². The number of carbonyl (C=O) groups excluding carboxylic acids is 1. The first-order chi connectivity index (χ1) is 5.34. The summed E-state index contributed by atoms with van der Waals surface area (Å²) in [5, 5.41) is 5.89. The Labute approximate surface area is 67.5 Å². The van der Waals surface area contributed by atoms with Gasteiger partial charge in [-0.25, -0.2) is 0 Å². The van der Waals surface area contributed by atoms with Gasteiger partial charge in [0.05, 0.1) is 0 Å². The second-order valence-electron chi connectivity index (χ2n) is 2.96. The van der Waals surface area contributed by atoms with Crippen LogP contribution in [0.4, 0.5) is 0 Å². The molecule has 0 bridgehead atoms. The van der Waals surface area contributed by atoms with Gasteiger partial charge in [-0.3, -0.25) is 4.79 Å². The molecule has 2 N–H and O–H groups in total. The van der Waals surface area contributed by atoms with Crippen LogP contribution in [0.15, 0.2) is 0 Å². The molecular weight excluding hydrogens is 140 g/mol. The van der Waals surface area contributed by atoms with E-state index < -0.39 is 0 Å². The maximum absolute atomic E-state index is 10.7. The lowest BCUT2D eigenvalue weighted by Crippen LogP contribution is -2.60. The van der Waals surface area contributed by atoms with Crippen LogP contribution >= 0.6 is 0 Å². The SMILES string of the molecule is CCCCCNC1CNC1=O. The molecule has 1 amide bonds. The molecule has 0 aromatic carbocycles. The molecule has 0 spiro atoms. The van der Waals surface area contributed by atoms with E-state index in [2.05, 4.69) is 17.6 Å². The number of carbonyl (C=O) groups is 1. The zero-order valence-corrected chi connectivity index (χ0v) is 7.02. The van der Waals surface area contributed by atoms with Crippen LogP contribution in [0.25, 0.3) is 0 Å². The fourth-order valence-electron chi connectivity index (χ4n) is 1.10. The number of hydrogen-bond acceptors (Lipinski definition) is 2. The Bertz CT molecular complexity index is 136. The molecular formula is C8H16N2O. The first kappa shape index (κ1) is 8.53. The lowest BCUT2D eigenvalue weighted by Gasteiger charge is -2.26. The third-order valence-corrected chi connectivity index (χ3v) is 1.97. The monoisotopic (exact) mass is 156 g/mol. The minimum absolute atomic E-state index is 0.104. The van der Waals surface area contributed by atoms with Gasteiger partial charge >= 0.3 is 0 Å². The Balaban J connectivity index is 1.91. The summed E-state index contributed by atoms with van der Waals surface area (Å²) >= 11 is 0. The van der Waals surface area contributed by atoms with E-state index >= 15 is 0 Å². The van der Waals surface area contributed by atoms with Gasteiger partial charge in [-0.2, -0.15) is 0 Å². The standard InChI is InChI=1S/C8H16N2O/c1-2-3-4-5-9-7-6-10-8(7)11/h7,9H,2-6H2,1H3,(H,10,11). The lowest BCUT2D eigenvalue weighted by atomic mass is 10.1. The average Bonchev–Trinajstić information content (AvgIpc) is 2.02. The van der Waals surface area contributed by atoms with E-state index in [-0.39, 0.29) is 11.9 Å². The zero-order valence-electron chi connectivity index (χ0n) is 7.02. The summed E-state index contributed by atoms with van der Waals surface area (Å²) in [6.45, 7) is 3.97. The highest BCUT2D eigenvalue weighted by atomic mass is 16.2. The molecule has 0 saturated carbocycles. The fourth-order valence-corrected chi connectivity index (χ4v) is 1.10. The Kier molecular flexibility index (Phi) is 3.36. The van der Waals surface area contributed by atoms with Crippen molar-refractivity contribution in [1.29, 1.82) is 0 Å². The van der Waals surface area contributed by atoms with Crippen LogP contribution in [0.5, 0.6) is 0 Å². The maximum Gasteiger partial charge on any atom is 0.239 e. The Morgan fingerprint density at radius 2 is 2.45 bits per heavy atom. The van der Waals surface area contributed by atoms with Crippen LogP contribution in [-0.4, -0.2) is 25.0 Å². The first-order valence-electron chi connectivity index (χ1n) is 4.35. The Hall–Kier alpha value is -0.570. The van der Waals surface area contributed by atoms with E-state index in [1.165, 1.54) is 19.3 Å². The second kappa shape index (κ2) is 4.34. The molecule has 3 heteroatoms. The number of rotatable bonds is 5.